The van der Waals surface area contributed by atoms with Gasteiger partial charge in [-0.05, 0) is 47.5 Å². The third-order valence-corrected chi connectivity index (χ3v) is 5.41. The highest BCUT2D eigenvalue weighted by Gasteiger charge is 2.46. The molecule has 0 aliphatic carbocycles. The zero-order chi connectivity index (χ0) is 22.0. The second kappa shape index (κ2) is 8.62. The molecule has 1 saturated heterocycles. The van der Waals surface area contributed by atoms with E-state index >= 15 is 0 Å². The number of aliphatic hydroxyl groups excluding tert-OH is 1. The molecule has 4 rings (SSSR count). The van der Waals surface area contributed by atoms with Gasteiger partial charge >= 0.3 is 0 Å². The zero-order valence-electron chi connectivity index (χ0n) is 16.7. The van der Waals surface area contributed by atoms with Crippen molar-refractivity contribution in [3.05, 3.63) is 100 Å². The van der Waals surface area contributed by atoms with Crippen LogP contribution in [0.4, 0.5) is 0 Å². The largest absolute Gasteiger partial charge is 0.507 e. The lowest BCUT2D eigenvalue weighted by molar-refractivity contribution is -0.140. The number of halogens is 1. The van der Waals surface area contributed by atoms with E-state index < -0.39 is 17.7 Å². The summed E-state index contributed by atoms with van der Waals surface area (Å²) in [5.74, 6) is -1.04. The van der Waals surface area contributed by atoms with E-state index in [0.29, 0.717) is 21.9 Å². The highest BCUT2D eigenvalue weighted by atomic mass is 35.5. The third-order valence-electron chi connectivity index (χ3n) is 5.17. The van der Waals surface area contributed by atoms with Crippen LogP contribution in [0.1, 0.15) is 22.7 Å². The molecule has 1 N–H and O–H groups in total. The number of carbonyl (C=O) groups is 2. The number of carbonyl (C=O) groups excluding carboxylic acids is 2. The lowest BCUT2D eigenvalue weighted by Gasteiger charge is -2.25. The molecular weight excluding hydrogens is 416 g/mol. The first kappa shape index (κ1) is 20.6. The summed E-state index contributed by atoms with van der Waals surface area (Å²) < 4.78 is 5.22. The number of hydrogen-bond donors (Lipinski definition) is 1. The molecule has 1 aliphatic heterocycles. The highest BCUT2D eigenvalue weighted by molar-refractivity contribution is 6.46. The van der Waals surface area contributed by atoms with Crippen molar-refractivity contribution in [1.82, 2.24) is 9.88 Å². The Balaban J connectivity index is 1.86. The quantitative estimate of drug-likeness (QED) is 0.366. The molecule has 31 heavy (non-hydrogen) atoms. The second-order valence-electron chi connectivity index (χ2n) is 7.07. The van der Waals surface area contributed by atoms with E-state index in [0.717, 1.165) is 5.56 Å². The van der Waals surface area contributed by atoms with Gasteiger partial charge in [-0.25, -0.2) is 0 Å². The van der Waals surface area contributed by atoms with E-state index in [2.05, 4.69) is 4.98 Å². The molecule has 1 aromatic heterocycles. The minimum Gasteiger partial charge on any atom is -0.507 e. The van der Waals surface area contributed by atoms with Crippen molar-refractivity contribution in [3.63, 3.8) is 0 Å². The number of rotatable bonds is 5. The molecule has 156 valence electrons. The first-order valence-corrected chi connectivity index (χ1v) is 9.94. The van der Waals surface area contributed by atoms with Gasteiger partial charge in [-0.3, -0.25) is 14.6 Å². The van der Waals surface area contributed by atoms with Gasteiger partial charge in [-0.1, -0.05) is 35.9 Å². The van der Waals surface area contributed by atoms with E-state index in [1.165, 1.54) is 4.90 Å². The SMILES string of the molecule is COc1ccc(C2/C(=C(/O)c3cccc(Cl)c3)C(=O)C(=O)N2Cc2ccncc2)cc1. The molecule has 0 radical (unpaired) electrons. The Morgan fingerprint density at radius 1 is 1.10 bits per heavy atom. The summed E-state index contributed by atoms with van der Waals surface area (Å²) in [5.41, 5.74) is 1.88. The van der Waals surface area contributed by atoms with E-state index in [4.69, 9.17) is 16.3 Å². The van der Waals surface area contributed by atoms with Crippen LogP contribution in [0.3, 0.4) is 0 Å². The van der Waals surface area contributed by atoms with E-state index in [-0.39, 0.29) is 17.9 Å². The Morgan fingerprint density at radius 3 is 2.45 bits per heavy atom. The van der Waals surface area contributed by atoms with Gasteiger partial charge < -0.3 is 14.7 Å². The highest BCUT2D eigenvalue weighted by Crippen LogP contribution is 2.40. The molecular formula is C24H19ClN2O4. The van der Waals surface area contributed by atoms with Crippen LogP contribution < -0.4 is 4.74 Å². The smallest absolute Gasteiger partial charge is 0.295 e. The van der Waals surface area contributed by atoms with Crippen LogP contribution in [-0.4, -0.2) is 33.8 Å². The summed E-state index contributed by atoms with van der Waals surface area (Å²) in [6, 6.07) is 16.4. The van der Waals surface area contributed by atoms with E-state index in [1.54, 1.807) is 80.2 Å². The van der Waals surface area contributed by atoms with Gasteiger partial charge in [0.1, 0.15) is 11.5 Å². The minimum absolute atomic E-state index is 0.0199. The van der Waals surface area contributed by atoms with Crippen molar-refractivity contribution >= 4 is 29.1 Å². The number of benzene rings is 2. The number of methoxy groups -OCH3 is 1. The van der Waals surface area contributed by atoms with Crippen LogP contribution in [0, 0.1) is 0 Å². The molecule has 1 atom stereocenters. The molecule has 6 nitrogen and oxygen atoms in total. The van der Waals surface area contributed by atoms with Crippen molar-refractivity contribution in [2.24, 2.45) is 0 Å². The third kappa shape index (κ3) is 4.02. The molecule has 0 bridgehead atoms. The monoisotopic (exact) mass is 434 g/mol. The fourth-order valence-corrected chi connectivity index (χ4v) is 3.84. The topological polar surface area (TPSA) is 79.7 Å². The number of aliphatic hydroxyl groups is 1. The summed E-state index contributed by atoms with van der Waals surface area (Å²) in [4.78, 5) is 31.5. The van der Waals surface area contributed by atoms with Gasteiger partial charge in [0.15, 0.2) is 0 Å². The van der Waals surface area contributed by atoms with E-state index in [1.807, 2.05) is 0 Å². The summed E-state index contributed by atoms with van der Waals surface area (Å²) in [6.07, 6.45) is 3.25. The van der Waals surface area contributed by atoms with Crippen LogP contribution >= 0.6 is 11.6 Å². The Bertz CT molecular complexity index is 1160. The van der Waals surface area contributed by atoms with Gasteiger partial charge in [0.25, 0.3) is 11.7 Å². The van der Waals surface area contributed by atoms with Crippen molar-refractivity contribution < 1.29 is 19.4 Å². The molecule has 0 spiro atoms. The zero-order valence-corrected chi connectivity index (χ0v) is 17.4. The summed E-state index contributed by atoms with van der Waals surface area (Å²) in [7, 11) is 1.56. The maximum atomic E-state index is 13.0. The van der Waals surface area contributed by atoms with Gasteiger partial charge in [-0.2, -0.15) is 0 Å². The fourth-order valence-electron chi connectivity index (χ4n) is 3.65. The van der Waals surface area contributed by atoms with Gasteiger partial charge in [0, 0.05) is 29.5 Å². The maximum absolute atomic E-state index is 13.0. The number of nitrogens with zero attached hydrogens (tertiary/aromatic N) is 2. The molecule has 1 fully saturated rings. The predicted molar refractivity (Wildman–Crippen MR) is 117 cm³/mol. The molecule has 2 aromatic carbocycles. The number of ketones is 1. The predicted octanol–water partition coefficient (Wildman–Crippen LogP) is 4.37. The van der Waals surface area contributed by atoms with Crippen LogP contribution in [0.15, 0.2) is 78.6 Å². The number of aromatic nitrogens is 1. The van der Waals surface area contributed by atoms with E-state index in [9.17, 15) is 14.7 Å². The molecule has 1 amide bonds. The number of amides is 1. The van der Waals surface area contributed by atoms with Crippen LogP contribution in [0.2, 0.25) is 5.02 Å². The van der Waals surface area contributed by atoms with Gasteiger partial charge in [0.2, 0.25) is 0 Å². The first-order chi connectivity index (χ1) is 15.0. The second-order valence-corrected chi connectivity index (χ2v) is 7.50. The molecule has 2 heterocycles. The molecule has 1 unspecified atom stereocenters. The van der Waals surface area contributed by atoms with Crippen molar-refractivity contribution in [2.45, 2.75) is 12.6 Å². The normalized spacial score (nSPS) is 17.7. The van der Waals surface area contributed by atoms with Crippen molar-refractivity contribution in [1.29, 1.82) is 0 Å². The standard InChI is InChI=1S/C24H19ClN2O4/c1-31-19-7-5-16(6-8-19)21-20(22(28)17-3-2-4-18(25)13-17)23(29)24(30)27(21)14-15-9-11-26-12-10-15/h2-13,21,28H,14H2,1H3/b22-20-. The Hall–Kier alpha value is -3.64. The average molecular weight is 435 g/mol. The van der Waals surface area contributed by atoms with Crippen molar-refractivity contribution in [3.8, 4) is 5.75 Å². The van der Waals surface area contributed by atoms with Crippen LogP contribution in [0.5, 0.6) is 5.75 Å². The Labute approximate surface area is 184 Å². The molecule has 1 aliphatic rings. The molecule has 3 aromatic rings. The number of likely N-dealkylation sites (tertiary alicyclic amines) is 1. The summed E-state index contributed by atoms with van der Waals surface area (Å²) >= 11 is 6.07. The van der Waals surface area contributed by atoms with Crippen molar-refractivity contribution in [2.75, 3.05) is 7.11 Å². The molecule has 7 heteroatoms. The average Bonchev–Trinajstić information content (AvgIpc) is 3.04. The fraction of sp³-hybridized carbons (Fsp3) is 0.125. The maximum Gasteiger partial charge on any atom is 0.295 e. The Morgan fingerprint density at radius 2 is 1.81 bits per heavy atom. The number of Topliss-reactive ketones (excluding diaryl/α,β-unsaturated/α-hetero) is 1. The first-order valence-electron chi connectivity index (χ1n) is 9.57. The van der Waals surface area contributed by atoms with Gasteiger partial charge in [0.05, 0.1) is 18.7 Å². The minimum atomic E-state index is -0.766. The Kier molecular flexibility index (Phi) is 5.73. The lowest BCUT2D eigenvalue weighted by Crippen LogP contribution is -2.29. The lowest BCUT2D eigenvalue weighted by atomic mass is 9.95. The number of pyridine rings is 1. The summed E-state index contributed by atoms with van der Waals surface area (Å²) in [6.45, 7) is 0.191. The van der Waals surface area contributed by atoms with Gasteiger partial charge in [-0.15, -0.1) is 0 Å². The number of hydrogen-bond acceptors (Lipinski definition) is 5. The molecule has 0 saturated carbocycles. The number of ether oxygens (including phenoxy) is 1. The van der Waals surface area contributed by atoms with Crippen LogP contribution in [-0.2, 0) is 16.1 Å². The van der Waals surface area contributed by atoms with Crippen LogP contribution in [0.25, 0.3) is 5.76 Å². The summed E-state index contributed by atoms with van der Waals surface area (Å²) in [5, 5.41) is 11.4.